The highest BCUT2D eigenvalue weighted by atomic mass is 19.2. The van der Waals surface area contributed by atoms with E-state index in [-0.39, 0.29) is 12.1 Å². The highest BCUT2D eigenvalue weighted by Crippen LogP contribution is 2.19. The summed E-state index contributed by atoms with van der Waals surface area (Å²) in [7, 11) is 0. The van der Waals surface area contributed by atoms with Crippen LogP contribution in [0.15, 0.2) is 36.4 Å². The monoisotopic (exact) mass is 340 g/mol. The molecule has 0 saturated carbocycles. The lowest BCUT2D eigenvalue weighted by atomic mass is 10.2. The Labute approximate surface area is 134 Å². The Morgan fingerprint density at radius 3 is 2.25 bits per heavy atom. The van der Waals surface area contributed by atoms with E-state index in [1.54, 1.807) is 6.07 Å². The lowest BCUT2D eigenvalue weighted by molar-refractivity contribution is -0.126. The minimum Gasteiger partial charge on any atom is -0.351 e. The third kappa shape index (κ3) is 4.31. The Morgan fingerprint density at radius 1 is 0.833 bits per heavy atom. The normalized spacial score (nSPS) is 10.3. The molecule has 0 aliphatic carbocycles. The number of amides is 2. The first-order valence-electron chi connectivity index (χ1n) is 6.82. The van der Waals surface area contributed by atoms with E-state index in [1.807, 2.05) is 5.32 Å². The second-order valence-corrected chi connectivity index (χ2v) is 4.82. The first-order chi connectivity index (χ1) is 11.4. The summed E-state index contributed by atoms with van der Waals surface area (Å²) >= 11 is 0. The standard InChI is InChI=1S/C16H12F4N2O2/c17-10-4-2-1-3-9(10)8-21-13(23)7-14(24)22-12-6-5-11(18)15(19)16(12)20/h1-6H,7-8H2,(H,21,23)(H,22,24). The summed E-state index contributed by atoms with van der Waals surface area (Å²) in [6, 6.07) is 7.25. The topological polar surface area (TPSA) is 58.2 Å². The Hall–Kier alpha value is -2.90. The van der Waals surface area contributed by atoms with Gasteiger partial charge in [0.1, 0.15) is 12.2 Å². The minimum absolute atomic E-state index is 0.127. The molecule has 0 radical (unpaired) electrons. The van der Waals surface area contributed by atoms with Crippen molar-refractivity contribution in [1.82, 2.24) is 5.32 Å². The van der Waals surface area contributed by atoms with Crippen LogP contribution in [0.3, 0.4) is 0 Å². The van der Waals surface area contributed by atoms with Crippen LogP contribution in [0.25, 0.3) is 0 Å². The van der Waals surface area contributed by atoms with Crippen molar-refractivity contribution in [2.75, 3.05) is 5.32 Å². The molecule has 2 rings (SSSR count). The molecule has 8 heteroatoms. The lowest BCUT2D eigenvalue weighted by Crippen LogP contribution is -2.28. The largest absolute Gasteiger partial charge is 0.351 e. The van der Waals surface area contributed by atoms with Gasteiger partial charge in [0.05, 0.1) is 5.69 Å². The molecule has 2 aromatic rings. The van der Waals surface area contributed by atoms with Crippen molar-refractivity contribution >= 4 is 17.5 Å². The summed E-state index contributed by atoms with van der Waals surface area (Å²) in [6.07, 6.45) is -0.688. The van der Waals surface area contributed by atoms with Gasteiger partial charge in [-0.25, -0.2) is 17.6 Å². The molecule has 0 saturated heterocycles. The van der Waals surface area contributed by atoms with E-state index in [9.17, 15) is 27.2 Å². The zero-order chi connectivity index (χ0) is 17.7. The molecule has 0 aromatic heterocycles. The van der Waals surface area contributed by atoms with Gasteiger partial charge in [0.2, 0.25) is 11.8 Å². The predicted octanol–water partition coefficient (Wildman–Crippen LogP) is 2.89. The maximum Gasteiger partial charge on any atom is 0.233 e. The second kappa shape index (κ2) is 7.58. The second-order valence-electron chi connectivity index (χ2n) is 4.82. The fourth-order valence-electron chi connectivity index (χ4n) is 1.86. The van der Waals surface area contributed by atoms with Crippen molar-refractivity contribution in [2.24, 2.45) is 0 Å². The Kier molecular flexibility index (Phi) is 5.51. The minimum atomic E-state index is -1.73. The fourth-order valence-corrected chi connectivity index (χ4v) is 1.86. The van der Waals surface area contributed by atoms with Crippen LogP contribution in [0.4, 0.5) is 23.2 Å². The average molecular weight is 340 g/mol. The molecule has 0 unspecified atom stereocenters. The number of carbonyl (C=O) groups is 2. The van der Waals surface area contributed by atoms with Crippen molar-refractivity contribution in [3.8, 4) is 0 Å². The quantitative estimate of drug-likeness (QED) is 0.500. The van der Waals surface area contributed by atoms with E-state index >= 15 is 0 Å². The van der Waals surface area contributed by atoms with Gasteiger partial charge in [-0.15, -0.1) is 0 Å². The zero-order valence-corrected chi connectivity index (χ0v) is 12.2. The SMILES string of the molecule is O=C(CC(=O)Nc1ccc(F)c(F)c1F)NCc1ccccc1F. The van der Waals surface area contributed by atoms with E-state index in [0.717, 1.165) is 6.07 Å². The van der Waals surface area contributed by atoms with Gasteiger partial charge in [0, 0.05) is 12.1 Å². The maximum atomic E-state index is 13.4. The van der Waals surface area contributed by atoms with Crippen LogP contribution in [-0.2, 0) is 16.1 Å². The Bertz CT molecular complexity index is 781. The van der Waals surface area contributed by atoms with Gasteiger partial charge in [0.25, 0.3) is 0 Å². The summed E-state index contributed by atoms with van der Waals surface area (Å²) in [5.41, 5.74) is -0.348. The molecule has 4 nitrogen and oxygen atoms in total. The summed E-state index contributed by atoms with van der Waals surface area (Å²) in [5.74, 6) is -6.85. The van der Waals surface area contributed by atoms with Crippen LogP contribution in [0.5, 0.6) is 0 Å². The number of hydrogen-bond acceptors (Lipinski definition) is 2. The Morgan fingerprint density at radius 2 is 1.54 bits per heavy atom. The number of hydrogen-bond donors (Lipinski definition) is 2. The number of benzene rings is 2. The molecule has 0 spiro atoms. The molecule has 0 aliphatic heterocycles. The summed E-state index contributed by atoms with van der Waals surface area (Å²) < 4.78 is 52.6. The van der Waals surface area contributed by atoms with E-state index < -0.39 is 47.2 Å². The van der Waals surface area contributed by atoms with Crippen LogP contribution in [0.2, 0.25) is 0 Å². The molecular formula is C16H12F4N2O2. The van der Waals surface area contributed by atoms with E-state index in [2.05, 4.69) is 5.32 Å². The van der Waals surface area contributed by atoms with Crippen LogP contribution in [-0.4, -0.2) is 11.8 Å². The van der Waals surface area contributed by atoms with Crippen LogP contribution < -0.4 is 10.6 Å². The van der Waals surface area contributed by atoms with Crippen molar-refractivity contribution in [3.05, 3.63) is 65.2 Å². The van der Waals surface area contributed by atoms with Gasteiger partial charge in [-0.2, -0.15) is 0 Å². The van der Waals surface area contributed by atoms with Crippen LogP contribution in [0.1, 0.15) is 12.0 Å². The predicted molar refractivity (Wildman–Crippen MR) is 77.8 cm³/mol. The van der Waals surface area contributed by atoms with Gasteiger partial charge < -0.3 is 10.6 Å². The highest BCUT2D eigenvalue weighted by molar-refractivity contribution is 6.03. The molecule has 2 aromatic carbocycles. The molecular weight excluding hydrogens is 328 g/mol. The lowest BCUT2D eigenvalue weighted by Gasteiger charge is -2.08. The van der Waals surface area contributed by atoms with Gasteiger partial charge in [0.15, 0.2) is 17.5 Å². The van der Waals surface area contributed by atoms with E-state index in [4.69, 9.17) is 0 Å². The summed E-state index contributed by atoms with van der Waals surface area (Å²) in [4.78, 5) is 23.2. The van der Waals surface area contributed by atoms with Crippen molar-refractivity contribution in [2.45, 2.75) is 13.0 Å². The number of carbonyl (C=O) groups excluding carboxylic acids is 2. The zero-order valence-electron chi connectivity index (χ0n) is 12.2. The van der Waals surface area contributed by atoms with Crippen molar-refractivity contribution < 1.29 is 27.2 Å². The fraction of sp³-hybridized carbons (Fsp3) is 0.125. The number of anilines is 1. The molecule has 2 N–H and O–H groups in total. The molecule has 126 valence electrons. The van der Waals surface area contributed by atoms with Gasteiger partial charge in [-0.3, -0.25) is 9.59 Å². The van der Waals surface area contributed by atoms with E-state index in [0.29, 0.717) is 6.07 Å². The maximum absolute atomic E-state index is 13.4. The number of nitrogens with one attached hydrogen (secondary N) is 2. The number of halogens is 4. The molecule has 0 bridgehead atoms. The molecule has 2 amide bonds. The third-order valence-corrected chi connectivity index (χ3v) is 3.06. The molecule has 0 aliphatic rings. The van der Waals surface area contributed by atoms with Gasteiger partial charge >= 0.3 is 0 Å². The first kappa shape index (κ1) is 17.5. The van der Waals surface area contributed by atoms with Gasteiger partial charge in [-0.1, -0.05) is 18.2 Å². The van der Waals surface area contributed by atoms with Crippen LogP contribution in [0, 0.1) is 23.3 Å². The van der Waals surface area contributed by atoms with Gasteiger partial charge in [-0.05, 0) is 18.2 Å². The third-order valence-electron chi connectivity index (χ3n) is 3.06. The molecule has 0 atom stereocenters. The average Bonchev–Trinajstić information content (AvgIpc) is 2.54. The Balaban J connectivity index is 1.89. The van der Waals surface area contributed by atoms with E-state index in [1.165, 1.54) is 18.2 Å². The molecule has 24 heavy (non-hydrogen) atoms. The number of rotatable bonds is 5. The first-order valence-corrected chi connectivity index (χ1v) is 6.82. The smallest absolute Gasteiger partial charge is 0.233 e. The summed E-state index contributed by atoms with van der Waals surface area (Å²) in [5, 5.41) is 4.29. The molecule has 0 heterocycles. The van der Waals surface area contributed by atoms with Crippen LogP contribution >= 0.6 is 0 Å². The van der Waals surface area contributed by atoms with Crippen molar-refractivity contribution in [1.29, 1.82) is 0 Å². The summed E-state index contributed by atoms with van der Waals surface area (Å²) in [6.45, 7) is -0.127. The van der Waals surface area contributed by atoms with Crippen molar-refractivity contribution in [3.63, 3.8) is 0 Å². The highest BCUT2D eigenvalue weighted by Gasteiger charge is 2.16. The molecule has 0 fully saturated rings.